The molecule has 3 atom stereocenters. The molecule has 1 aliphatic rings. The fourth-order valence-electron chi connectivity index (χ4n) is 2.53. The van der Waals surface area contributed by atoms with E-state index in [1.165, 1.54) is 12.1 Å². The minimum absolute atomic E-state index is 0.0183. The standard InChI is InChI=1S/C15H22N2O4/c1-4-7-16-12-9-14(15(12)20-3)21-13-8-11(17(18)19)6-5-10(13)2/h5-6,8,12,14-16H,4,7,9H2,1-3H3. The Bertz CT molecular complexity index is 506. The van der Waals surface area contributed by atoms with Crippen molar-refractivity contribution in [1.29, 1.82) is 0 Å². The number of benzene rings is 1. The average molecular weight is 294 g/mol. The third kappa shape index (κ3) is 3.51. The zero-order valence-electron chi connectivity index (χ0n) is 12.7. The second kappa shape index (κ2) is 6.87. The largest absolute Gasteiger partial charge is 0.487 e. The molecule has 1 N–H and O–H groups in total. The Morgan fingerprint density at radius 3 is 2.86 bits per heavy atom. The van der Waals surface area contributed by atoms with Crippen molar-refractivity contribution in [2.45, 2.75) is 44.9 Å². The van der Waals surface area contributed by atoms with Gasteiger partial charge in [-0.2, -0.15) is 0 Å². The fourth-order valence-corrected chi connectivity index (χ4v) is 2.53. The molecule has 21 heavy (non-hydrogen) atoms. The van der Waals surface area contributed by atoms with E-state index in [9.17, 15) is 10.1 Å². The second-order valence-electron chi connectivity index (χ2n) is 5.36. The van der Waals surface area contributed by atoms with E-state index in [0.29, 0.717) is 11.8 Å². The normalized spacial score (nSPS) is 24.4. The highest BCUT2D eigenvalue weighted by Gasteiger charge is 2.43. The molecule has 0 spiro atoms. The van der Waals surface area contributed by atoms with E-state index < -0.39 is 4.92 Å². The van der Waals surface area contributed by atoms with E-state index in [0.717, 1.165) is 24.9 Å². The molecule has 6 heteroatoms. The number of nitrogens with zero attached hydrogens (tertiary/aromatic N) is 1. The maximum atomic E-state index is 10.8. The minimum atomic E-state index is -0.410. The third-order valence-electron chi connectivity index (χ3n) is 3.84. The van der Waals surface area contributed by atoms with Gasteiger partial charge in [-0.15, -0.1) is 0 Å². The Balaban J connectivity index is 2.02. The fraction of sp³-hybridized carbons (Fsp3) is 0.600. The second-order valence-corrected chi connectivity index (χ2v) is 5.36. The third-order valence-corrected chi connectivity index (χ3v) is 3.84. The highest BCUT2D eigenvalue weighted by Crippen LogP contribution is 2.32. The molecular weight excluding hydrogens is 272 g/mol. The number of ether oxygens (including phenoxy) is 2. The molecular formula is C15H22N2O4. The molecule has 0 heterocycles. The monoisotopic (exact) mass is 294 g/mol. The van der Waals surface area contributed by atoms with Crippen LogP contribution in [0.25, 0.3) is 0 Å². The summed E-state index contributed by atoms with van der Waals surface area (Å²) >= 11 is 0. The number of rotatable bonds is 7. The van der Waals surface area contributed by atoms with Crippen LogP contribution in [-0.2, 0) is 4.74 Å². The number of hydrogen-bond acceptors (Lipinski definition) is 5. The van der Waals surface area contributed by atoms with Gasteiger partial charge in [-0.25, -0.2) is 0 Å². The predicted octanol–water partition coefficient (Wildman–Crippen LogP) is 2.44. The van der Waals surface area contributed by atoms with Crippen LogP contribution >= 0.6 is 0 Å². The van der Waals surface area contributed by atoms with Gasteiger partial charge in [-0.05, 0) is 31.5 Å². The molecule has 0 aromatic heterocycles. The zero-order chi connectivity index (χ0) is 15.4. The summed E-state index contributed by atoms with van der Waals surface area (Å²) in [6.07, 6.45) is 1.84. The summed E-state index contributed by atoms with van der Waals surface area (Å²) in [5, 5.41) is 14.3. The first-order valence-corrected chi connectivity index (χ1v) is 7.24. The van der Waals surface area contributed by atoms with Crippen molar-refractivity contribution in [3.05, 3.63) is 33.9 Å². The van der Waals surface area contributed by atoms with Crippen LogP contribution in [0, 0.1) is 17.0 Å². The average Bonchev–Trinajstić information content (AvgIpc) is 2.43. The van der Waals surface area contributed by atoms with E-state index in [2.05, 4.69) is 12.2 Å². The lowest BCUT2D eigenvalue weighted by molar-refractivity contribution is -0.385. The highest BCUT2D eigenvalue weighted by atomic mass is 16.6. The lowest BCUT2D eigenvalue weighted by Crippen LogP contribution is -2.61. The van der Waals surface area contributed by atoms with Crippen molar-refractivity contribution in [1.82, 2.24) is 5.32 Å². The maximum absolute atomic E-state index is 10.8. The number of aryl methyl sites for hydroxylation is 1. The van der Waals surface area contributed by atoms with Crippen LogP contribution in [0.2, 0.25) is 0 Å². The van der Waals surface area contributed by atoms with Crippen molar-refractivity contribution >= 4 is 5.69 Å². The van der Waals surface area contributed by atoms with Gasteiger partial charge < -0.3 is 14.8 Å². The van der Waals surface area contributed by atoms with Gasteiger partial charge in [0.05, 0.1) is 11.0 Å². The van der Waals surface area contributed by atoms with Gasteiger partial charge in [-0.1, -0.05) is 6.92 Å². The molecule has 0 bridgehead atoms. The first-order chi connectivity index (χ1) is 10.1. The van der Waals surface area contributed by atoms with Gasteiger partial charge >= 0.3 is 0 Å². The molecule has 6 nitrogen and oxygen atoms in total. The molecule has 1 fully saturated rings. The molecule has 1 saturated carbocycles. The predicted molar refractivity (Wildman–Crippen MR) is 79.7 cm³/mol. The molecule has 0 radical (unpaired) electrons. The molecule has 0 aliphatic heterocycles. The minimum Gasteiger partial charge on any atom is -0.487 e. The van der Waals surface area contributed by atoms with Crippen LogP contribution in [0.15, 0.2) is 18.2 Å². The summed E-state index contributed by atoms with van der Waals surface area (Å²) in [7, 11) is 1.67. The Labute approximate surface area is 124 Å². The van der Waals surface area contributed by atoms with Gasteiger partial charge in [0.1, 0.15) is 18.0 Å². The molecule has 3 unspecified atom stereocenters. The van der Waals surface area contributed by atoms with Gasteiger partial charge in [-0.3, -0.25) is 10.1 Å². The quantitative estimate of drug-likeness (QED) is 0.617. The summed E-state index contributed by atoms with van der Waals surface area (Å²) in [5.74, 6) is 0.560. The summed E-state index contributed by atoms with van der Waals surface area (Å²) in [4.78, 5) is 10.4. The van der Waals surface area contributed by atoms with E-state index in [1.54, 1.807) is 13.2 Å². The molecule has 116 valence electrons. The summed E-state index contributed by atoms with van der Waals surface area (Å²) in [6.45, 7) is 4.95. The Hall–Kier alpha value is -1.66. The first-order valence-electron chi connectivity index (χ1n) is 7.24. The van der Waals surface area contributed by atoms with Gasteiger partial charge in [0.25, 0.3) is 5.69 Å². The van der Waals surface area contributed by atoms with Crippen LogP contribution in [-0.4, -0.2) is 36.8 Å². The maximum Gasteiger partial charge on any atom is 0.273 e. The summed E-state index contributed by atoms with van der Waals surface area (Å²) in [5.41, 5.74) is 0.935. The number of hydrogen-bond donors (Lipinski definition) is 1. The van der Waals surface area contributed by atoms with Crippen LogP contribution in [0.5, 0.6) is 5.75 Å². The first kappa shape index (κ1) is 15.7. The van der Waals surface area contributed by atoms with Crippen molar-refractivity contribution in [2.75, 3.05) is 13.7 Å². The van der Waals surface area contributed by atoms with Crippen molar-refractivity contribution in [3.8, 4) is 5.75 Å². The number of nitro benzene ring substituents is 1. The van der Waals surface area contributed by atoms with Gasteiger partial charge in [0, 0.05) is 25.6 Å². The molecule has 1 aromatic rings. The Kier molecular flexibility index (Phi) is 5.14. The number of nitrogens with one attached hydrogen (secondary N) is 1. The summed E-state index contributed by atoms with van der Waals surface area (Å²) in [6, 6.07) is 4.97. The molecule has 1 aromatic carbocycles. The van der Waals surface area contributed by atoms with E-state index in [4.69, 9.17) is 9.47 Å². The lowest BCUT2D eigenvalue weighted by Gasteiger charge is -2.43. The molecule has 1 aliphatic carbocycles. The van der Waals surface area contributed by atoms with Crippen LogP contribution in [0.3, 0.4) is 0 Å². The van der Waals surface area contributed by atoms with Crippen molar-refractivity contribution in [3.63, 3.8) is 0 Å². The van der Waals surface area contributed by atoms with Gasteiger partial charge in [0.2, 0.25) is 0 Å². The van der Waals surface area contributed by atoms with Crippen LogP contribution in [0.1, 0.15) is 25.3 Å². The van der Waals surface area contributed by atoms with Crippen LogP contribution < -0.4 is 10.1 Å². The van der Waals surface area contributed by atoms with E-state index >= 15 is 0 Å². The lowest BCUT2D eigenvalue weighted by atomic mass is 9.85. The van der Waals surface area contributed by atoms with Crippen molar-refractivity contribution in [2.24, 2.45) is 0 Å². The number of methoxy groups -OCH3 is 1. The Morgan fingerprint density at radius 2 is 2.24 bits per heavy atom. The van der Waals surface area contributed by atoms with E-state index in [-0.39, 0.29) is 17.9 Å². The SMILES string of the molecule is CCCNC1CC(Oc2cc([N+](=O)[O-])ccc2C)C1OC. The molecule has 0 saturated heterocycles. The topological polar surface area (TPSA) is 73.6 Å². The molecule has 2 rings (SSSR count). The zero-order valence-corrected chi connectivity index (χ0v) is 12.7. The summed E-state index contributed by atoms with van der Waals surface area (Å²) < 4.78 is 11.4. The number of non-ortho nitro benzene ring substituents is 1. The number of nitro groups is 1. The smallest absolute Gasteiger partial charge is 0.273 e. The van der Waals surface area contributed by atoms with Crippen LogP contribution in [0.4, 0.5) is 5.69 Å². The van der Waals surface area contributed by atoms with Crippen molar-refractivity contribution < 1.29 is 14.4 Å². The Morgan fingerprint density at radius 1 is 1.48 bits per heavy atom. The highest BCUT2D eigenvalue weighted by molar-refractivity contribution is 5.44. The molecule has 0 amide bonds. The van der Waals surface area contributed by atoms with Gasteiger partial charge in [0.15, 0.2) is 0 Å². The van der Waals surface area contributed by atoms with E-state index in [1.807, 2.05) is 6.92 Å².